The molecule has 0 aromatic heterocycles. The molecule has 0 radical (unpaired) electrons. The van der Waals surface area contributed by atoms with Crippen LogP contribution in [0, 0.1) is 0 Å². The summed E-state index contributed by atoms with van der Waals surface area (Å²) in [4.78, 5) is 4.95. The Balaban J connectivity index is 2.52. The minimum atomic E-state index is -3.64. The van der Waals surface area contributed by atoms with Crippen molar-refractivity contribution in [1.29, 1.82) is 0 Å². The minimum Gasteiger partial charge on any atom is -0.327 e. The van der Waals surface area contributed by atoms with Crippen molar-refractivity contribution in [2.45, 2.75) is 26.7 Å². The van der Waals surface area contributed by atoms with Crippen LogP contribution >= 0.6 is 7.82 Å². The number of benzene rings is 1. The van der Waals surface area contributed by atoms with E-state index in [-0.39, 0.29) is 0 Å². The van der Waals surface area contributed by atoms with Crippen LogP contribution in [0.2, 0.25) is 0 Å². The van der Waals surface area contributed by atoms with Crippen molar-refractivity contribution in [1.82, 2.24) is 0 Å². The second-order valence-electron chi connectivity index (χ2n) is 3.58. The molecule has 0 N–H and O–H groups in total. The predicted molar refractivity (Wildman–Crippen MR) is 68.2 cm³/mol. The summed E-state index contributed by atoms with van der Waals surface area (Å²) in [6.45, 7) is 4.39. The molecule has 18 heavy (non-hydrogen) atoms. The number of rotatable bonds is 9. The van der Waals surface area contributed by atoms with Gasteiger partial charge in [0.1, 0.15) is 0 Å². The predicted octanol–water partition coefficient (Wildman–Crippen LogP) is 3.96. The van der Waals surface area contributed by atoms with Gasteiger partial charge in [0.05, 0.1) is 13.2 Å². The number of para-hydroxylation sites is 1. The summed E-state index contributed by atoms with van der Waals surface area (Å²) < 4.78 is 27.1. The van der Waals surface area contributed by atoms with Crippen molar-refractivity contribution in [2.75, 3.05) is 13.2 Å². The van der Waals surface area contributed by atoms with E-state index in [1.54, 1.807) is 24.3 Å². The molecule has 0 saturated heterocycles. The molecule has 0 amide bonds. The van der Waals surface area contributed by atoms with Crippen molar-refractivity contribution in [3.63, 3.8) is 0 Å². The van der Waals surface area contributed by atoms with E-state index in [9.17, 15) is 4.57 Å². The lowest BCUT2D eigenvalue weighted by Crippen LogP contribution is -2.04. The topological polar surface area (TPSA) is 54.0 Å². The van der Waals surface area contributed by atoms with Crippen molar-refractivity contribution in [3.8, 4) is 5.75 Å². The molecule has 6 heteroatoms. The summed E-state index contributed by atoms with van der Waals surface area (Å²) in [5.74, 6) is 0.443. The second kappa shape index (κ2) is 8.27. The molecule has 0 aliphatic heterocycles. The molecular formula is C12H19O5P. The zero-order chi connectivity index (χ0) is 13.3. The lowest BCUT2D eigenvalue weighted by Gasteiger charge is -2.16. The molecule has 0 spiro atoms. The quantitative estimate of drug-likeness (QED) is 0.387. The van der Waals surface area contributed by atoms with Crippen LogP contribution in [0.5, 0.6) is 5.75 Å². The molecule has 0 aliphatic carbocycles. The molecule has 0 aliphatic rings. The average molecular weight is 274 g/mol. The highest BCUT2D eigenvalue weighted by Gasteiger charge is 2.28. The van der Waals surface area contributed by atoms with Gasteiger partial charge in [0.15, 0.2) is 5.75 Å². The van der Waals surface area contributed by atoms with E-state index in [1.165, 1.54) is 0 Å². The van der Waals surface area contributed by atoms with Gasteiger partial charge in [0.2, 0.25) is 0 Å². The Labute approximate surface area is 108 Å². The third-order valence-electron chi connectivity index (χ3n) is 1.88. The third kappa shape index (κ3) is 5.65. The van der Waals surface area contributed by atoms with Crippen LogP contribution < -0.4 is 4.89 Å². The summed E-state index contributed by atoms with van der Waals surface area (Å²) in [5.41, 5.74) is 0. The van der Waals surface area contributed by atoms with Gasteiger partial charge in [-0.2, -0.15) is 0 Å². The minimum absolute atomic E-state index is 0.291. The monoisotopic (exact) mass is 274 g/mol. The summed E-state index contributed by atoms with van der Waals surface area (Å²) in [5, 5.41) is 0. The van der Waals surface area contributed by atoms with Crippen molar-refractivity contribution >= 4 is 7.82 Å². The highest BCUT2D eigenvalue weighted by molar-refractivity contribution is 7.48. The lowest BCUT2D eigenvalue weighted by atomic mass is 10.3. The highest BCUT2D eigenvalue weighted by Crippen LogP contribution is 2.49. The first kappa shape index (κ1) is 15.2. The molecule has 1 aromatic rings. The van der Waals surface area contributed by atoms with E-state index in [0.29, 0.717) is 31.8 Å². The van der Waals surface area contributed by atoms with Gasteiger partial charge in [-0.15, -0.1) is 0 Å². The van der Waals surface area contributed by atoms with E-state index >= 15 is 0 Å². The van der Waals surface area contributed by atoms with Crippen LogP contribution in [0.25, 0.3) is 0 Å². The molecule has 0 atom stereocenters. The molecule has 0 unspecified atom stereocenters. The lowest BCUT2D eigenvalue weighted by molar-refractivity contribution is -0.132. The van der Waals surface area contributed by atoms with Crippen LogP contribution in [0.1, 0.15) is 26.7 Å². The number of hydrogen-bond acceptors (Lipinski definition) is 5. The fourth-order valence-electron chi connectivity index (χ4n) is 1.05. The fourth-order valence-corrected chi connectivity index (χ4v) is 2.20. The van der Waals surface area contributed by atoms with Crippen LogP contribution in [-0.2, 0) is 18.3 Å². The maximum absolute atomic E-state index is 12.1. The van der Waals surface area contributed by atoms with E-state index in [2.05, 4.69) is 0 Å². The van der Waals surface area contributed by atoms with Gasteiger partial charge < -0.3 is 4.89 Å². The standard InChI is InChI=1S/C12H19O5P/c1-3-10-14-18(13,15-11-4-2)17-16-12-8-6-5-7-9-12/h5-9H,3-4,10-11H2,1-2H3. The van der Waals surface area contributed by atoms with Crippen LogP contribution in [0.4, 0.5) is 0 Å². The van der Waals surface area contributed by atoms with Crippen LogP contribution in [0.15, 0.2) is 30.3 Å². The van der Waals surface area contributed by atoms with Gasteiger partial charge in [-0.25, -0.2) is 4.57 Å². The van der Waals surface area contributed by atoms with Gasteiger partial charge >= 0.3 is 7.82 Å². The summed E-state index contributed by atoms with van der Waals surface area (Å²) >= 11 is 0. The Morgan fingerprint density at radius 1 is 1.00 bits per heavy atom. The summed E-state index contributed by atoms with van der Waals surface area (Å²) in [6, 6.07) is 8.77. The van der Waals surface area contributed by atoms with Gasteiger partial charge in [-0.3, -0.25) is 9.05 Å². The van der Waals surface area contributed by atoms with Gasteiger partial charge in [0.25, 0.3) is 0 Å². The molecule has 1 aromatic carbocycles. The summed E-state index contributed by atoms with van der Waals surface area (Å²) in [6.07, 6.45) is 1.43. The first-order valence-electron chi connectivity index (χ1n) is 6.00. The highest BCUT2D eigenvalue weighted by atomic mass is 31.2. The van der Waals surface area contributed by atoms with Gasteiger partial charge in [-0.05, 0) is 25.0 Å². The van der Waals surface area contributed by atoms with Crippen molar-refractivity contribution in [3.05, 3.63) is 30.3 Å². The smallest absolute Gasteiger partial charge is 0.327 e. The average Bonchev–Trinajstić information content (AvgIpc) is 2.42. The molecule has 0 heterocycles. The van der Waals surface area contributed by atoms with E-state index < -0.39 is 7.82 Å². The Bertz CT molecular complexity index is 356. The molecule has 102 valence electrons. The molecular weight excluding hydrogens is 255 g/mol. The zero-order valence-electron chi connectivity index (χ0n) is 10.7. The Hall–Kier alpha value is -0.870. The number of hydrogen-bond donors (Lipinski definition) is 0. The van der Waals surface area contributed by atoms with Crippen LogP contribution in [-0.4, -0.2) is 13.2 Å². The molecule has 5 nitrogen and oxygen atoms in total. The summed E-state index contributed by atoms with van der Waals surface area (Å²) in [7, 11) is -3.64. The SMILES string of the molecule is CCCOP(=O)(OCCC)OOc1ccccc1. The normalized spacial score (nSPS) is 11.4. The Kier molecular flexibility index (Phi) is 6.98. The van der Waals surface area contributed by atoms with Crippen molar-refractivity contribution in [2.24, 2.45) is 0 Å². The molecule has 0 bridgehead atoms. The second-order valence-corrected chi connectivity index (χ2v) is 5.14. The Morgan fingerprint density at radius 3 is 2.06 bits per heavy atom. The maximum Gasteiger partial charge on any atom is 0.511 e. The number of phosphoric acid groups is 1. The molecule has 0 fully saturated rings. The largest absolute Gasteiger partial charge is 0.511 e. The van der Waals surface area contributed by atoms with E-state index in [4.69, 9.17) is 18.6 Å². The fraction of sp³-hybridized carbons (Fsp3) is 0.500. The first-order valence-corrected chi connectivity index (χ1v) is 7.46. The molecule has 0 saturated carbocycles. The van der Waals surface area contributed by atoms with E-state index in [1.807, 2.05) is 19.9 Å². The Morgan fingerprint density at radius 2 is 1.56 bits per heavy atom. The van der Waals surface area contributed by atoms with Gasteiger partial charge in [0, 0.05) is 0 Å². The molecule has 1 rings (SSSR count). The number of phosphoric ester groups is 1. The third-order valence-corrected chi connectivity index (χ3v) is 3.13. The maximum atomic E-state index is 12.1. The van der Waals surface area contributed by atoms with Crippen molar-refractivity contribution < 1.29 is 23.2 Å². The zero-order valence-corrected chi connectivity index (χ0v) is 11.6. The first-order chi connectivity index (χ1) is 8.70. The van der Waals surface area contributed by atoms with Crippen LogP contribution in [0.3, 0.4) is 0 Å². The van der Waals surface area contributed by atoms with E-state index in [0.717, 1.165) is 0 Å². The van der Waals surface area contributed by atoms with Gasteiger partial charge in [-0.1, -0.05) is 36.7 Å².